The van der Waals surface area contributed by atoms with E-state index in [9.17, 15) is 23.1 Å². The van der Waals surface area contributed by atoms with Gasteiger partial charge in [0.25, 0.3) is 5.76 Å². The second kappa shape index (κ2) is 9.38. The summed E-state index contributed by atoms with van der Waals surface area (Å²) in [5.41, 5.74) is -1.05. The number of phenols is 1. The van der Waals surface area contributed by atoms with Crippen LogP contribution in [0.3, 0.4) is 0 Å². The molecule has 1 N–H and O–H groups in total. The molecule has 1 aliphatic heterocycles. The number of fused-ring (bicyclic) bond motifs is 1. The summed E-state index contributed by atoms with van der Waals surface area (Å²) in [5, 5.41) is 10.4. The molecule has 1 aromatic heterocycles. The highest BCUT2D eigenvalue weighted by atomic mass is 79.9. The van der Waals surface area contributed by atoms with Crippen molar-refractivity contribution in [1.82, 2.24) is 4.90 Å². The molecule has 0 aliphatic carbocycles. The molecule has 1 saturated heterocycles. The third-order valence-electron chi connectivity index (χ3n) is 5.98. The van der Waals surface area contributed by atoms with Crippen molar-refractivity contribution in [3.63, 3.8) is 0 Å². The number of halogens is 4. The Morgan fingerprint density at radius 2 is 1.97 bits per heavy atom. The normalized spacial score (nSPS) is 17.4. The van der Waals surface area contributed by atoms with Crippen LogP contribution in [0.4, 0.5) is 13.2 Å². The van der Waals surface area contributed by atoms with Crippen LogP contribution in [0, 0.1) is 0 Å². The molecule has 2 aromatic carbocycles. The van der Waals surface area contributed by atoms with E-state index in [4.69, 9.17) is 9.15 Å². The third-order valence-corrected chi connectivity index (χ3v) is 6.64. The van der Waals surface area contributed by atoms with Gasteiger partial charge in [-0.2, -0.15) is 13.2 Å². The third kappa shape index (κ3) is 4.75. The van der Waals surface area contributed by atoms with Gasteiger partial charge in [0.15, 0.2) is 0 Å². The Balaban J connectivity index is 1.88. The molecule has 1 aliphatic rings. The SMILES string of the molecule is CC[C@H]1CCCCN1Cc1c(O)ccc2c(=O)c(Oc3ccccc3Br)c(C(F)(F)F)oc12. The molecular weight excluding hydrogens is 503 g/mol. The van der Waals surface area contributed by atoms with Gasteiger partial charge in [-0.1, -0.05) is 25.5 Å². The van der Waals surface area contributed by atoms with Crippen LogP contribution in [0.15, 0.2) is 50.1 Å². The van der Waals surface area contributed by atoms with Crippen LogP contribution in [0.1, 0.15) is 43.9 Å². The topological polar surface area (TPSA) is 62.9 Å². The van der Waals surface area contributed by atoms with Crippen molar-refractivity contribution in [2.45, 2.75) is 51.4 Å². The highest BCUT2D eigenvalue weighted by Gasteiger charge is 2.41. The lowest BCUT2D eigenvalue weighted by atomic mass is 9.98. The average Bonchev–Trinajstić information content (AvgIpc) is 2.78. The summed E-state index contributed by atoms with van der Waals surface area (Å²) >= 11 is 3.21. The highest BCUT2D eigenvalue weighted by Crippen LogP contribution is 2.41. The van der Waals surface area contributed by atoms with E-state index in [1.54, 1.807) is 18.2 Å². The van der Waals surface area contributed by atoms with Crippen LogP contribution in [-0.2, 0) is 12.7 Å². The Bertz CT molecular complexity index is 1220. The first kappa shape index (κ1) is 23.6. The molecule has 0 spiro atoms. The second-order valence-electron chi connectivity index (χ2n) is 8.09. The first-order valence-corrected chi connectivity index (χ1v) is 11.5. The molecule has 2 heterocycles. The van der Waals surface area contributed by atoms with E-state index in [-0.39, 0.29) is 40.6 Å². The van der Waals surface area contributed by atoms with Gasteiger partial charge in [-0.05, 0) is 66.0 Å². The summed E-state index contributed by atoms with van der Waals surface area (Å²) < 4.78 is 53.0. The van der Waals surface area contributed by atoms with Crippen molar-refractivity contribution < 1.29 is 27.4 Å². The molecule has 4 rings (SSSR count). The number of benzene rings is 2. The van der Waals surface area contributed by atoms with E-state index in [0.717, 1.165) is 32.2 Å². The Morgan fingerprint density at radius 3 is 2.67 bits per heavy atom. The Morgan fingerprint density at radius 1 is 1.21 bits per heavy atom. The Labute approximate surface area is 196 Å². The average molecular weight is 526 g/mol. The van der Waals surface area contributed by atoms with Gasteiger partial charge in [0, 0.05) is 12.6 Å². The molecule has 3 aromatic rings. The lowest BCUT2D eigenvalue weighted by Crippen LogP contribution is -2.38. The summed E-state index contributed by atoms with van der Waals surface area (Å²) in [6.45, 7) is 3.00. The fourth-order valence-corrected chi connectivity index (χ4v) is 4.66. The molecule has 1 atom stereocenters. The number of hydrogen-bond acceptors (Lipinski definition) is 5. The van der Waals surface area contributed by atoms with Gasteiger partial charge in [-0.15, -0.1) is 0 Å². The van der Waals surface area contributed by atoms with Crippen LogP contribution < -0.4 is 10.2 Å². The van der Waals surface area contributed by atoms with Crippen LogP contribution >= 0.6 is 15.9 Å². The van der Waals surface area contributed by atoms with Gasteiger partial charge in [0.05, 0.1) is 15.4 Å². The number of phenolic OH excluding ortho intramolecular Hbond substituents is 1. The number of likely N-dealkylation sites (tertiary alicyclic amines) is 1. The van der Waals surface area contributed by atoms with E-state index in [2.05, 4.69) is 27.8 Å². The lowest BCUT2D eigenvalue weighted by molar-refractivity contribution is -0.154. The predicted molar refractivity (Wildman–Crippen MR) is 122 cm³/mol. The highest BCUT2D eigenvalue weighted by molar-refractivity contribution is 9.10. The second-order valence-corrected chi connectivity index (χ2v) is 8.94. The number of piperidine rings is 1. The van der Waals surface area contributed by atoms with E-state index < -0.39 is 23.1 Å². The molecule has 0 unspecified atom stereocenters. The van der Waals surface area contributed by atoms with Crippen LogP contribution in [-0.4, -0.2) is 22.6 Å². The largest absolute Gasteiger partial charge is 0.507 e. The van der Waals surface area contributed by atoms with E-state index >= 15 is 0 Å². The van der Waals surface area contributed by atoms with Crippen molar-refractivity contribution in [2.24, 2.45) is 0 Å². The van der Waals surface area contributed by atoms with Gasteiger partial charge in [0.1, 0.15) is 17.1 Å². The van der Waals surface area contributed by atoms with Gasteiger partial charge in [-0.3, -0.25) is 9.69 Å². The minimum atomic E-state index is -4.98. The predicted octanol–water partition coefficient (Wildman–Crippen LogP) is 6.84. The van der Waals surface area contributed by atoms with Crippen molar-refractivity contribution in [3.05, 3.63) is 62.4 Å². The fraction of sp³-hybridized carbons (Fsp3) is 0.375. The van der Waals surface area contributed by atoms with Crippen molar-refractivity contribution in [1.29, 1.82) is 0 Å². The smallest absolute Gasteiger partial charge is 0.453 e. The van der Waals surface area contributed by atoms with Crippen LogP contribution in [0.2, 0.25) is 0 Å². The zero-order valence-corrected chi connectivity index (χ0v) is 19.5. The Kier molecular flexibility index (Phi) is 6.72. The molecule has 0 amide bonds. The van der Waals surface area contributed by atoms with Crippen LogP contribution in [0.5, 0.6) is 17.2 Å². The van der Waals surface area contributed by atoms with Gasteiger partial charge in [-0.25, -0.2) is 0 Å². The lowest BCUT2D eigenvalue weighted by Gasteiger charge is -2.35. The summed E-state index contributed by atoms with van der Waals surface area (Å²) in [7, 11) is 0. The summed E-state index contributed by atoms with van der Waals surface area (Å²) in [6, 6.07) is 9.11. The maximum Gasteiger partial charge on any atom is 0.453 e. The first-order valence-electron chi connectivity index (χ1n) is 10.8. The van der Waals surface area contributed by atoms with Crippen LogP contribution in [0.25, 0.3) is 11.0 Å². The maximum atomic E-state index is 14.0. The standard InChI is InChI=1S/C24H23BrF3NO4/c1-2-14-7-5-6-12-29(14)13-16-18(30)11-10-15-20(31)22(23(24(26,27)28)33-21(15)16)32-19-9-4-3-8-17(19)25/h3-4,8-11,14,30H,2,5-7,12-13H2,1H3/t14-/m0/s1. The summed E-state index contributed by atoms with van der Waals surface area (Å²) in [5.74, 6) is -2.64. The molecule has 176 valence electrons. The number of hydrogen-bond donors (Lipinski definition) is 1. The summed E-state index contributed by atoms with van der Waals surface area (Å²) in [6.07, 6.45) is -1.08. The number of ether oxygens (including phenoxy) is 1. The van der Waals surface area contributed by atoms with Gasteiger partial charge >= 0.3 is 6.18 Å². The molecule has 9 heteroatoms. The maximum absolute atomic E-state index is 14.0. The number of aromatic hydroxyl groups is 1. The van der Waals surface area contributed by atoms with E-state index in [0.29, 0.717) is 4.47 Å². The zero-order chi connectivity index (χ0) is 23.8. The minimum Gasteiger partial charge on any atom is -0.507 e. The quantitative estimate of drug-likeness (QED) is 0.395. The fourth-order valence-electron chi connectivity index (χ4n) is 4.29. The molecule has 0 radical (unpaired) electrons. The number of nitrogens with zero attached hydrogens (tertiary/aromatic N) is 1. The molecule has 0 saturated carbocycles. The molecule has 1 fully saturated rings. The van der Waals surface area contributed by atoms with E-state index in [1.165, 1.54) is 18.2 Å². The minimum absolute atomic E-state index is 0.0488. The van der Waals surface area contributed by atoms with E-state index in [1.807, 2.05) is 0 Å². The molecule has 0 bridgehead atoms. The Hall–Kier alpha value is -2.52. The first-order chi connectivity index (χ1) is 15.7. The van der Waals surface area contributed by atoms with Gasteiger partial charge in [0.2, 0.25) is 11.2 Å². The van der Waals surface area contributed by atoms with Gasteiger partial charge < -0.3 is 14.3 Å². The van der Waals surface area contributed by atoms with Crippen molar-refractivity contribution in [3.8, 4) is 17.2 Å². The number of rotatable bonds is 5. The summed E-state index contributed by atoms with van der Waals surface area (Å²) in [4.78, 5) is 15.3. The molecule has 5 nitrogen and oxygen atoms in total. The number of para-hydroxylation sites is 1. The number of alkyl halides is 3. The molecule has 33 heavy (non-hydrogen) atoms. The molecular formula is C24H23BrF3NO4. The zero-order valence-electron chi connectivity index (χ0n) is 17.9. The van der Waals surface area contributed by atoms with Crippen molar-refractivity contribution >= 4 is 26.9 Å². The van der Waals surface area contributed by atoms with Crippen molar-refractivity contribution in [2.75, 3.05) is 6.54 Å². The monoisotopic (exact) mass is 525 g/mol.